The van der Waals surface area contributed by atoms with Gasteiger partial charge in [0.1, 0.15) is 5.69 Å². The van der Waals surface area contributed by atoms with Crippen LogP contribution in [0.1, 0.15) is 10.5 Å². The van der Waals surface area contributed by atoms with E-state index in [1.54, 1.807) is 15.5 Å². The first-order chi connectivity index (χ1) is 7.74. The molecule has 16 heavy (non-hydrogen) atoms. The standard InChI is InChI=1S/C11H16N2O3/c1-12-4-2-3-10(12)11(15)13-5-6-16-8-9(13)7-14/h2-4,9,14H,5-8H2,1H3. The number of amides is 1. The highest BCUT2D eigenvalue weighted by Crippen LogP contribution is 2.12. The Balaban J connectivity index is 2.17. The van der Waals surface area contributed by atoms with Crippen molar-refractivity contribution in [2.24, 2.45) is 7.05 Å². The second kappa shape index (κ2) is 4.67. The Morgan fingerprint density at radius 3 is 3.12 bits per heavy atom. The molecule has 1 amide bonds. The summed E-state index contributed by atoms with van der Waals surface area (Å²) in [5.74, 6) is -0.0464. The molecule has 88 valence electrons. The highest BCUT2D eigenvalue weighted by atomic mass is 16.5. The van der Waals surface area contributed by atoms with Gasteiger partial charge < -0.3 is 19.3 Å². The number of hydrogen-bond donors (Lipinski definition) is 1. The fourth-order valence-corrected chi connectivity index (χ4v) is 1.90. The zero-order valence-electron chi connectivity index (χ0n) is 9.30. The number of carbonyl (C=O) groups is 1. The van der Waals surface area contributed by atoms with E-state index >= 15 is 0 Å². The smallest absolute Gasteiger partial charge is 0.270 e. The van der Waals surface area contributed by atoms with Crippen LogP contribution in [0.3, 0.4) is 0 Å². The first-order valence-electron chi connectivity index (χ1n) is 5.35. The van der Waals surface area contributed by atoms with Crippen LogP contribution in [-0.4, -0.2) is 52.9 Å². The predicted octanol–water partition coefficient (Wildman–Crippen LogP) is -0.142. The average Bonchev–Trinajstić information content (AvgIpc) is 2.74. The minimum absolute atomic E-state index is 0.0464. The maximum absolute atomic E-state index is 12.2. The summed E-state index contributed by atoms with van der Waals surface area (Å²) in [6.45, 7) is 1.42. The zero-order valence-corrected chi connectivity index (χ0v) is 9.30. The summed E-state index contributed by atoms with van der Waals surface area (Å²) in [7, 11) is 1.83. The van der Waals surface area contributed by atoms with Crippen molar-refractivity contribution in [3.05, 3.63) is 24.0 Å². The van der Waals surface area contributed by atoms with Gasteiger partial charge in [0.05, 0.1) is 25.9 Å². The lowest BCUT2D eigenvalue weighted by Crippen LogP contribution is -2.50. The molecule has 1 aliphatic rings. The topological polar surface area (TPSA) is 54.7 Å². The molecule has 5 nitrogen and oxygen atoms in total. The molecule has 0 aromatic carbocycles. The van der Waals surface area contributed by atoms with Crippen molar-refractivity contribution in [3.8, 4) is 0 Å². The number of aliphatic hydroxyl groups is 1. The van der Waals surface area contributed by atoms with E-state index in [0.29, 0.717) is 25.5 Å². The van der Waals surface area contributed by atoms with E-state index in [-0.39, 0.29) is 18.6 Å². The van der Waals surface area contributed by atoms with Crippen LogP contribution in [-0.2, 0) is 11.8 Å². The Morgan fingerprint density at radius 1 is 1.69 bits per heavy atom. The van der Waals surface area contributed by atoms with E-state index in [2.05, 4.69) is 0 Å². The third-order valence-corrected chi connectivity index (χ3v) is 2.86. The van der Waals surface area contributed by atoms with Gasteiger partial charge in [0, 0.05) is 19.8 Å². The molecule has 2 rings (SSSR count). The lowest BCUT2D eigenvalue weighted by atomic mass is 10.2. The molecular weight excluding hydrogens is 208 g/mol. The molecule has 1 aromatic heterocycles. The van der Waals surface area contributed by atoms with Gasteiger partial charge in [-0.2, -0.15) is 0 Å². The number of morpholine rings is 1. The number of aromatic nitrogens is 1. The Hall–Kier alpha value is -1.33. The van der Waals surface area contributed by atoms with Crippen LogP contribution in [0.25, 0.3) is 0 Å². The third kappa shape index (κ3) is 1.96. The van der Waals surface area contributed by atoms with Gasteiger partial charge in [0.15, 0.2) is 0 Å². The van der Waals surface area contributed by atoms with Crippen molar-refractivity contribution in [2.45, 2.75) is 6.04 Å². The highest BCUT2D eigenvalue weighted by molar-refractivity contribution is 5.93. The van der Waals surface area contributed by atoms with E-state index in [9.17, 15) is 9.90 Å². The zero-order chi connectivity index (χ0) is 11.5. The Kier molecular flexibility index (Phi) is 3.26. The largest absolute Gasteiger partial charge is 0.394 e. The third-order valence-electron chi connectivity index (χ3n) is 2.86. The lowest BCUT2D eigenvalue weighted by Gasteiger charge is -2.34. The number of carbonyl (C=O) groups excluding carboxylic acids is 1. The van der Waals surface area contributed by atoms with Crippen molar-refractivity contribution < 1.29 is 14.6 Å². The maximum Gasteiger partial charge on any atom is 0.270 e. The van der Waals surface area contributed by atoms with Crippen LogP contribution in [0.4, 0.5) is 0 Å². The van der Waals surface area contributed by atoms with E-state index in [1.165, 1.54) is 0 Å². The van der Waals surface area contributed by atoms with Crippen molar-refractivity contribution >= 4 is 5.91 Å². The molecule has 0 aliphatic carbocycles. The second-order valence-corrected chi connectivity index (χ2v) is 3.91. The average molecular weight is 224 g/mol. The molecule has 1 fully saturated rings. The van der Waals surface area contributed by atoms with E-state index in [0.717, 1.165) is 0 Å². The molecule has 1 unspecified atom stereocenters. The highest BCUT2D eigenvalue weighted by Gasteiger charge is 2.28. The summed E-state index contributed by atoms with van der Waals surface area (Å²) in [6.07, 6.45) is 1.83. The van der Waals surface area contributed by atoms with Crippen LogP contribution in [0.2, 0.25) is 0 Å². The number of ether oxygens (including phenoxy) is 1. The molecule has 1 aliphatic heterocycles. The van der Waals surface area contributed by atoms with Gasteiger partial charge in [-0.25, -0.2) is 0 Å². The lowest BCUT2D eigenvalue weighted by molar-refractivity contribution is -0.0188. The molecule has 0 saturated carbocycles. The number of hydrogen-bond acceptors (Lipinski definition) is 3. The molecule has 1 saturated heterocycles. The molecular formula is C11H16N2O3. The van der Waals surface area contributed by atoms with E-state index in [1.807, 2.05) is 19.3 Å². The Bertz CT molecular complexity index is 375. The van der Waals surface area contributed by atoms with Crippen LogP contribution >= 0.6 is 0 Å². The quantitative estimate of drug-likeness (QED) is 0.760. The summed E-state index contributed by atoms with van der Waals surface area (Å²) in [5.41, 5.74) is 0.639. The van der Waals surface area contributed by atoms with Gasteiger partial charge in [-0.05, 0) is 12.1 Å². The second-order valence-electron chi connectivity index (χ2n) is 3.91. The fraction of sp³-hybridized carbons (Fsp3) is 0.545. The fourth-order valence-electron chi connectivity index (χ4n) is 1.90. The van der Waals surface area contributed by atoms with Gasteiger partial charge in [0.25, 0.3) is 5.91 Å². The summed E-state index contributed by atoms with van der Waals surface area (Å²) in [6, 6.07) is 3.39. The predicted molar refractivity (Wildman–Crippen MR) is 58.1 cm³/mol. The SMILES string of the molecule is Cn1cccc1C(=O)N1CCOCC1CO. The minimum atomic E-state index is -0.226. The summed E-state index contributed by atoms with van der Waals surface area (Å²) >= 11 is 0. The molecule has 5 heteroatoms. The van der Waals surface area contributed by atoms with Gasteiger partial charge in [-0.3, -0.25) is 4.79 Å². The first kappa shape index (κ1) is 11.2. The normalized spacial score (nSPS) is 21.1. The molecule has 0 spiro atoms. The van der Waals surface area contributed by atoms with Gasteiger partial charge in [-0.15, -0.1) is 0 Å². The number of aliphatic hydroxyl groups excluding tert-OH is 1. The van der Waals surface area contributed by atoms with Crippen molar-refractivity contribution in [1.29, 1.82) is 0 Å². The molecule has 0 radical (unpaired) electrons. The van der Waals surface area contributed by atoms with Crippen molar-refractivity contribution in [1.82, 2.24) is 9.47 Å². The molecule has 1 atom stereocenters. The minimum Gasteiger partial charge on any atom is -0.394 e. The number of nitrogens with zero attached hydrogens (tertiary/aromatic N) is 2. The van der Waals surface area contributed by atoms with Crippen molar-refractivity contribution in [2.75, 3.05) is 26.4 Å². The first-order valence-corrected chi connectivity index (χ1v) is 5.35. The monoisotopic (exact) mass is 224 g/mol. The molecule has 1 aromatic rings. The van der Waals surface area contributed by atoms with Gasteiger partial charge in [0.2, 0.25) is 0 Å². The van der Waals surface area contributed by atoms with Crippen LogP contribution in [0, 0.1) is 0 Å². The van der Waals surface area contributed by atoms with E-state index in [4.69, 9.17) is 4.74 Å². The van der Waals surface area contributed by atoms with Crippen molar-refractivity contribution in [3.63, 3.8) is 0 Å². The van der Waals surface area contributed by atoms with Crippen LogP contribution in [0.15, 0.2) is 18.3 Å². The Morgan fingerprint density at radius 2 is 2.50 bits per heavy atom. The summed E-state index contributed by atoms with van der Waals surface area (Å²) in [5, 5.41) is 9.20. The molecule has 0 bridgehead atoms. The van der Waals surface area contributed by atoms with Crippen LogP contribution < -0.4 is 0 Å². The molecule has 1 N–H and O–H groups in total. The van der Waals surface area contributed by atoms with Gasteiger partial charge in [-0.1, -0.05) is 0 Å². The Labute approximate surface area is 94.2 Å². The molecule has 2 heterocycles. The number of aryl methyl sites for hydroxylation is 1. The number of rotatable bonds is 2. The maximum atomic E-state index is 12.2. The van der Waals surface area contributed by atoms with E-state index < -0.39 is 0 Å². The summed E-state index contributed by atoms with van der Waals surface area (Å²) < 4.78 is 7.02. The summed E-state index contributed by atoms with van der Waals surface area (Å²) in [4.78, 5) is 13.9. The van der Waals surface area contributed by atoms with Gasteiger partial charge >= 0.3 is 0 Å². The van der Waals surface area contributed by atoms with Crippen LogP contribution in [0.5, 0.6) is 0 Å².